The summed E-state index contributed by atoms with van der Waals surface area (Å²) < 4.78 is 10.6. The van der Waals surface area contributed by atoms with E-state index in [0.717, 1.165) is 0 Å². The predicted molar refractivity (Wildman–Crippen MR) is 65.0 cm³/mol. The van der Waals surface area contributed by atoms with Gasteiger partial charge in [-0.2, -0.15) is 9.98 Å². The first-order valence-electron chi connectivity index (χ1n) is 5.28. The van der Waals surface area contributed by atoms with Crippen molar-refractivity contribution in [1.29, 1.82) is 0 Å². The highest BCUT2D eigenvalue weighted by Gasteiger charge is 2.03. The lowest BCUT2D eigenvalue weighted by atomic mass is 10.2. The topological polar surface area (TPSA) is 81.2 Å². The first-order chi connectivity index (χ1) is 9.31. The van der Waals surface area contributed by atoms with Crippen molar-refractivity contribution in [2.24, 2.45) is 9.98 Å². The molecule has 0 aliphatic rings. The van der Waals surface area contributed by atoms with Crippen LogP contribution in [0, 0.1) is 0 Å². The van der Waals surface area contributed by atoms with Crippen LogP contribution in [-0.2, 0) is 16.2 Å². The fourth-order valence-corrected chi connectivity index (χ4v) is 1.44. The molecule has 19 heavy (non-hydrogen) atoms. The molecule has 0 fully saturated rings. The Labute approximate surface area is 108 Å². The Morgan fingerprint density at radius 2 is 1.79 bits per heavy atom. The number of furan rings is 1. The van der Waals surface area contributed by atoms with E-state index in [1.165, 1.54) is 36.6 Å². The fourth-order valence-electron chi connectivity index (χ4n) is 1.44. The molecule has 0 radical (unpaired) electrons. The van der Waals surface area contributed by atoms with E-state index in [1.54, 1.807) is 12.1 Å². The molecular weight excluding hydrogens is 248 g/mol. The Bertz CT molecular complexity index is 615. The number of aliphatic imine (C=N–C) groups is 2. The van der Waals surface area contributed by atoms with Crippen LogP contribution in [0.4, 0.5) is 11.4 Å². The predicted octanol–water partition coefficient (Wildman–Crippen LogP) is 2.79. The van der Waals surface area contributed by atoms with Gasteiger partial charge in [0.2, 0.25) is 12.2 Å². The minimum atomic E-state index is 0.214. The van der Waals surface area contributed by atoms with Crippen LogP contribution in [0.15, 0.2) is 51.0 Å². The summed E-state index contributed by atoms with van der Waals surface area (Å²) in [6, 6.07) is 8.00. The number of hydrogen-bond donors (Lipinski definition) is 0. The molecule has 1 heterocycles. The molecule has 0 atom stereocenters. The lowest BCUT2D eigenvalue weighted by molar-refractivity contribution is 0.270. The van der Waals surface area contributed by atoms with Crippen LogP contribution in [-0.4, -0.2) is 12.2 Å². The van der Waals surface area contributed by atoms with Crippen LogP contribution < -0.4 is 4.74 Å². The Hall–Kier alpha value is -2.94. The molecule has 0 spiro atoms. The second-order valence-corrected chi connectivity index (χ2v) is 3.46. The lowest BCUT2D eigenvalue weighted by Crippen LogP contribution is -1.93. The van der Waals surface area contributed by atoms with Crippen molar-refractivity contribution in [3.8, 4) is 5.75 Å². The first-order valence-corrected chi connectivity index (χ1v) is 5.28. The van der Waals surface area contributed by atoms with Crippen LogP contribution >= 0.6 is 0 Å². The van der Waals surface area contributed by atoms with E-state index < -0.39 is 0 Å². The minimum absolute atomic E-state index is 0.214. The average Bonchev–Trinajstić information content (AvgIpc) is 2.90. The zero-order valence-corrected chi connectivity index (χ0v) is 9.70. The molecular formula is C13H8N2O4. The highest BCUT2D eigenvalue weighted by Crippen LogP contribution is 2.28. The molecule has 6 heteroatoms. The van der Waals surface area contributed by atoms with Gasteiger partial charge in [0.05, 0.1) is 17.6 Å². The molecule has 1 aromatic carbocycles. The van der Waals surface area contributed by atoms with E-state index in [0.29, 0.717) is 22.9 Å². The summed E-state index contributed by atoms with van der Waals surface area (Å²) in [7, 11) is 0. The smallest absolute Gasteiger partial charge is 0.240 e. The van der Waals surface area contributed by atoms with Gasteiger partial charge < -0.3 is 9.15 Å². The monoisotopic (exact) mass is 256 g/mol. The maximum atomic E-state index is 10.2. The normalized spacial score (nSPS) is 9.26. The van der Waals surface area contributed by atoms with Gasteiger partial charge >= 0.3 is 0 Å². The fraction of sp³-hybridized carbons (Fsp3) is 0.0769. The highest BCUT2D eigenvalue weighted by atomic mass is 16.5. The van der Waals surface area contributed by atoms with Crippen LogP contribution in [0.25, 0.3) is 0 Å². The van der Waals surface area contributed by atoms with E-state index in [9.17, 15) is 9.59 Å². The van der Waals surface area contributed by atoms with Gasteiger partial charge in [-0.15, -0.1) is 0 Å². The molecule has 0 amide bonds. The molecule has 6 nitrogen and oxygen atoms in total. The number of rotatable bonds is 5. The van der Waals surface area contributed by atoms with Crippen LogP contribution in [0.1, 0.15) is 5.76 Å². The summed E-state index contributed by atoms with van der Waals surface area (Å²) in [6.45, 7) is 0.214. The summed E-state index contributed by atoms with van der Waals surface area (Å²) in [5.74, 6) is 1.05. The maximum absolute atomic E-state index is 10.2. The van der Waals surface area contributed by atoms with Gasteiger partial charge in [-0.25, -0.2) is 9.59 Å². The number of hydrogen-bond acceptors (Lipinski definition) is 6. The summed E-state index contributed by atoms with van der Waals surface area (Å²) in [5.41, 5.74) is 0.585. The molecule has 0 N–H and O–H groups in total. The SMILES string of the molecule is O=C=Nc1cc(N=C=O)cc(OCc2ccco2)c1. The van der Waals surface area contributed by atoms with Crippen molar-refractivity contribution in [2.75, 3.05) is 0 Å². The standard InChI is InChI=1S/C13H8N2O4/c16-8-14-10-4-11(15-9-17)6-13(5-10)19-7-12-2-1-3-18-12/h1-6H,7H2. The third kappa shape index (κ3) is 3.51. The van der Waals surface area contributed by atoms with Crippen molar-refractivity contribution >= 4 is 23.5 Å². The molecule has 2 aromatic rings. The lowest BCUT2D eigenvalue weighted by Gasteiger charge is -2.05. The van der Waals surface area contributed by atoms with Crippen molar-refractivity contribution in [3.05, 3.63) is 42.4 Å². The number of isocyanates is 2. The maximum Gasteiger partial charge on any atom is 0.240 e. The van der Waals surface area contributed by atoms with Crippen molar-refractivity contribution < 1.29 is 18.7 Å². The molecule has 0 saturated heterocycles. The number of nitrogens with zero attached hydrogens (tertiary/aromatic N) is 2. The average molecular weight is 256 g/mol. The van der Waals surface area contributed by atoms with E-state index in [1.807, 2.05) is 0 Å². The quantitative estimate of drug-likeness (QED) is 0.608. The van der Waals surface area contributed by atoms with Gasteiger partial charge in [0.1, 0.15) is 18.1 Å². The Morgan fingerprint density at radius 3 is 2.32 bits per heavy atom. The zero-order valence-electron chi connectivity index (χ0n) is 9.70. The van der Waals surface area contributed by atoms with E-state index in [-0.39, 0.29) is 6.61 Å². The summed E-state index contributed by atoms with van der Waals surface area (Å²) >= 11 is 0. The first kappa shape index (κ1) is 12.5. The van der Waals surface area contributed by atoms with Gasteiger partial charge in [-0.3, -0.25) is 0 Å². The van der Waals surface area contributed by atoms with E-state index >= 15 is 0 Å². The molecule has 94 valence electrons. The molecule has 0 aliphatic carbocycles. The number of ether oxygens (including phenoxy) is 1. The van der Waals surface area contributed by atoms with Gasteiger partial charge in [0, 0.05) is 12.1 Å². The van der Waals surface area contributed by atoms with Gasteiger partial charge in [-0.05, 0) is 18.2 Å². The van der Waals surface area contributed by atoms with Gasteiger partial charge in [0.25, 0.3) is 0 Å². The van der Waals surface area contributed by atoms with Crippen LogP contribution in [0.3, 0.4) is 0 Å². The number of carbonyl (C=O) groups excluding carboxylic acids is 2. The Kier molecular flexibility index (Phi) is 4.03. The molecule has 1 aromatic heterocycles. The molecule has 0 unspecified atom stereocenters. The largest absolute Gasteiger partial charge is 0.486 e. The van der Waals surface area contributed by atoms with E-state index in [4.69, 9.17) is 9.15 Å². The van der Waals surface area contributed by atoms with Gasteiger partial charge in [-0.1, -0.05) is 0 Å². The third-order valence-corrected chi connectivity index (χ3v) is 2.19. The molecule has 0 bridgehead atoms. The molecule has 2 rings (SSSR count). The third-order valence-electron chi connectivity index (χ3n) is 2.19. The van der Waals surface area contributed by atoms with Gasteiger partial charge in [0.15, 0.2) is 0 Å². The summed E-state index contributed by atoms with van der Waals surface area (Å²) in [6.07, 6.45) is 4.36. The molecule has 0 aliphatic heterocycles. The summed E-state index contributed by atoms with van der Waals surface area (Å²) in [5, 5.41) is 0. The highest BCUT2D eigenvalue weighted by molar-refractivity contribution is 5.61. The van der Waals surface area contributed by atoms with Crippen LogP contribution in [0.5, 0.6) is 5.75 Å². The van der Waals surface area contributed by atoms with Crippen LogP contribution in [0.2, 0.25) is 0 Å². The minimum Gasteiger partial charge on any atom is -0.486 e. The Balaban J connectivity index is 2.22. The second-order valence-electron chi connectivity index (χ2n) is 3.46. The van der Waals surface area contributed by atoms with E-state index in [2.05, 4.69) is 9.98 Å². The van der Waals surface area contributed by atoms with Crippen molar-refractivity contribution in [2.45, 2.75) is 6.61 Å². The van der Waals surface area contributed by atoms with Crippen molar-refractivity contribution in [3.63, 3.8) is 0 Å². The zero-order chi connectivity index (χ0) is 13.5. The number of benzene rings is 1. The van der Waals surface area contributed by atoms with Crippen molar-refractivity contribution in [1.82, 2.24) is 0 Å². The molecule has 0 saturated carbocycles. The summed E-state index contributed by atoms with van der Waals surface area (Å²) in [4.78, 5) is 27.4. The second kappa shape index (κ2) is 6.12. The Morgan fingerprint density at radius 1 is 1.11 bits per heavy atom.